The molecule has 23 heavy (non-hydrogen) atoms. The highest BCUT2D eigenvalue weighted by atomic mass is 32.2. The van der Waals surface area contributed by atoms with Crippen LogP contribution in [0.15, 0.2) is 23.9 Å². The molecule has 130 valence electrons. The van der Waals surface area contributed by atoms with Gasteiger partial charge in [0.2, 0.25) is 0 Å². The molecule has 5 atom stereocenters. The number of esters is 1. The van der Waals surface area contributed by atoms with Gasteiger partial charge in [0.25, 0.3) is 10.3 Å². The maximum atomic E-state index is 11.9. The van der Waals surface area contributed by atoms with Gasteiger partial charge in [-0.2, -0.15) is 12.3 Å². The van der Waals surface area contributed by atoms with E-state index in [1.54, 1.807) is 0 Å². The number of ether oxygens (including phenoxy) is 1. The number of carbonyl (C=O) groups is 1. The lowest BCUT2D eigenvalue weighted by molar-refractivity contribution is -0.785. The first-order valence-electron chi connectivity index (χ1n) is 6.95. The fourth-order valence-corrected chi connectivity index (χ4v) is 4.26. The summed E-state index contributed by atoms with van der Waals surface area (Å²) in [4.78, 5) is 11.7. The van der Waals surface area contributed by atoms with Crippen LogP contribution in [0.5, 0.6) is 0 Å². The standard InChI is InChI=1S/C13H19NO8S/c1-22-13(18)8-3-2-4-14(6-8,23(19,20)21)10-5-9(7-15)11(16)12(10)17/h2-4,9-12,15-17H,5-7H2,1H3. The van der Waals surface area contributed by atoms with Gasteiger partial charge in [0.1, 0.15) is 24.9 Å². The molecule has 1 saturated carbocycles. The fraction of sp³-hybridized carbons (Fsp3) is 0.615. The lowest BCUT2D eigenvalue weighted by atomic mass is 10.1. The highest BCUT2D eigenvalue weighted by Crippen LogP contribution is 2.39. The third kappa shape index (κ3) is 2.93. The van der Waals surface area contributed by atoms with Crippen molar-refractivity contribution in [3.8, 4) is 0 Å². The molecular formula is C13H19NO8S. The summed E-state index contributed by atoms with van der Waals surface area (Å²) in [5.74, 6) is -1.54. The van der Waals surface area contributed by atoms with E-state index in [-0.39, 0.29) is 12.0 Å². The lowest BCUT2D eigenvalue weighted by Crippen LogP contribution is -2.60. The Bertz CT molecular complexity index is 642. The maximum absolute atomic E-state index is 11.9. The van der Waals surface area contributed by atoms with E-state index in [1.807, 2.05) is 0 Å². The summed E-state index contributed by atoms with van der Waals surface area (Å²) in [6.45, 7) is -0.974. The SMILES string of the molecule is COC(=O)C1=CC=C[N+](C2CC(CO)C(O)C2O)(S(=O)(=O)[O-])C1. The summed E-state index contributed by atoms with van der Waals surface area (Å²) in [5, 5.41) is 29.3. The molecule has 5 unspecified atom stereocenters. The minimum Gasteiger partial charge on any atom is -0.701 e. The van der Waals surface area contributed by atoms with Gasteiger partial charge in [-0.3, -0.25) is 0 Å². The van der Waals surface area contributed by atoms with E-state index in [9.17, 15) is 33.1 Å². The number of aliphatic hydroxyl groups excluding tert-OH is 3. The molecular weight excluding hydrogens is 330 g/mol. The predicted octanol–water partition coefficient (Wildman–Crippen LogP) is -2.01. The molecule has 9 nitrogen and oxygen atoms in total. The van der Waals surface area contributed by atoms with E-state index >= 15 is 0 Å². The number of allylic oxidation sites excluding steroid dienone is 2. The van der Waals surface area contributed by atoms with Crippen molar-refractivity contribution in [3.05, 3.63) is 23.9 Å². The summed E-state index contributed by atoms with van der Waals surface area (Å²) in [6.07, 6.45) is 0.666. The van der Waals surface area contributed by atoms with Crippen molar-refractivity contribution in [1.82, 2.24) is 0 Å². The summed E-state index contributed by atoms with van der Waals surface area (Å²) in [5.41, 5.74) is -0.0384. The Balaban J connectivity index is 2.46. The summed E-state index contributed by atoms with van der Waals surface area (Å²) >= 11 is 0. The van der Waals surface area contributed by atoms with Gasteiger partial charge in [0.15, 0.2) is 0 Å². The highest BCUT2D eigenvalue weighted by molar-refractivity contribution is 7.80. The van der Waals surface area contributed by atoms with Crippen molar-refractivity contribution in [1.29, 1.82) is 0 Å². The van der Waals surface area contributed by atoms with Crippen LogP contribution < -0.4 is 0 Å². The number of aliphatic hydroxyl groups is 3. The molecule has 1 aliphatic carbocycles. The summed E-state index contributed by atoms with van der Waals surface area (Å²) < 4.78 is 39.1. The zero-order valence-electron chi connectivity index (χ0n) is 12.4. The van der Waals surface area contributed by atoms with Gasteiger partial charge in [-0.1, -0.05) is 0 Å². The molecule has 3 N–H and O–H groups in total. The van der Waals surface area contributed by atoms with Gasteiger partial charge in [-0.25, -0.2) is 4.79 Å². The van der Waals surface area contributed by atoms with Crippen molar-refractivity contribution in [2.24, 2.45) is 5.92 Å². The zero-order valence-corrected chi connectivity index (χ0v) is 13.2. The Morgan fingerprint density at radius 1 is 1.43 bits per heavy atom. The Hall–Kier alpha value is -1.30. The van der Waals surface area contributed by atoms with Crippen LogP contribution >= 0.6 is 0 Å². The van der Waals surface area contributed by atoms with Crippen LogP contribution in [0.25, 0.3) is 0 Å². The molecule has 1 aliphatic heterocycles. The Labute approximate surface area is 133 Å². The van der Waals surface area contributed by atoms with Crippen molar-refractivity contribution in [2.45, 2.75) is 24.7 Å². The number of methoxy groups -OCH3 is 1. The summed E-state index contributed by atoms with van der Waals surface area (Å²) in [6, 6.07) is -1.20. The molecule has 2 rings (SSSR count). The van der Waals surface area contributed by atoms with Crippen LogP contribution in [0, 0.1) is 5.92 Å². The molecule has 2 aliphatic rings. The molecule has 0 saturated heterocycles. The second-order valence-corrected chi connectivity index (χ2v) is 7.23. The van der Waals surface area contributed by atoms with Crippen LogP contribution in [0.4, 0.5) is 0 Å². The Kier molecular flexibility index (Phi) is 4.95. The van der Waals surface area contributed by atoms with Crippen LogP contribution in [0.3, 0.4) is 0 Å². The summed E-state index contributed by atoms with van der Waals surface area (Å²) in [7, 11) is -3.91. The molecule has 10 heteroatoms. The molecule has 1 heterocycles. The quantitative estimate of drug-likeness (QED) is 0.300. The molecule has 0 aromatic heterocycles. The van der Waals surface area contributed by atoms with Crippen molar-refractivity contribution in [3.63, 3.8) is 0 Å². The van der Waals surface area contributed by atoms with Crippen LogP contribution in [-0.2, 0) is 19.8 Å². The van der Waals surface area contributed by atoms with Crippen molar-refractivity contribution >= 4 is 16.3 Å². The van der Waals surface area contributed by atoms with Gasteiger partial charge < -0.3 is 24.6 Å². The maximum Gasteiger partial charge on any atom is 0.339 e. The van der Waals surface area contributed by atoms with E-state index in [1.165, 1.54) is 12.2 Å². The number of nitrogens with zero attached hydrogens (tertiary/aromatic N) is 1. The minimum absolute atomic E-state index is 0.0384. The molecule has 0 spiro atoms. The molecule has 0 bridgehead atoms. The van der Waals surface area contributed by atoms with Crippen LogP contribution in [-0.4, -0.2) is 76.7 Å². The van der Waals surface area contributed by atoms with Crippen molar-refractivity contribution in [2.75, 3.05) is 20.3 Å². The number of rotatable bonds is 4. The van der Waals surface area contributed by atoms with Gasteiger partial charge >= 0.3 is 5.97 Å². The van der Waals surface area contributed by atoms with E-state index in [2.05, 4.69) is 4.74 Å². The molecule has 0 amide bonds. The van der Waals surface area contributed by atoms with E-state index in [0.29, 0.717) is 0 Å². The number of carbonyl (C=O) groups excluding carboxylic acids is 1. The van der Waals surface area contributed by atoms with E-state index < -0.39 is 57.5 Å². The molecule has 1 fully saturated rings. The first-order valence-corrected chi connectivity index (χ1v) is 8.31. The van der Waals surface area contributed by atoms with E-state index in [4.69, 9.17) is 0 Å². The Morgan fingerprint density at radius 2 is 2.09 bits per heavy atom. The third-order valence-corrected chi connectivity index (χ3v) is 5.84. The first-order chi connectivity index (χ1) is 10.7. The monoisotopic (exact) mass is 349 g/mol. The van der Waals surface area contributed by atoms with Gasteiger partial charge in [0.05, 0.1) is 18.8 Å². The average molecular weight is 349 g/mol. The lowest BCUT2D eigenvalue weighted by Gasteiger charge is -2.43. The predicted molar refractivity (Wildman–Crippen MR) is 75.1 cm³/mol. The van der Waals surface area contributed by atoms with Gasteiger partial charge in [0, 0.05) is 18.9 Å². The molecule has 0 aromatic rings. The van der Waals surface area contributed by atoms with E-state index in [0.717, 1.165) is 13.3 Å². The first kappa shape index (κ1) is 18.0. The number of quaternary nitrogens is 1. The molecule has 0 radical (unpaired) electrons. The Morgan fingerprint density at radius 3 is 2.57 bits per heavy atom. The number of hydrogen-bond acceptors (Lipinski definition) is 8. The fourth-order valence-electron chi connectivity index (χ4n) is 3.20. The van der Waals surface area contributed by atoms with Crippen LogP contribution in [0.2, 0.25) is 0 Å². The molecule has 0 aromatic carbocycles. The second-order valence-electron chi connectivity index (χ2n) is 5.69. The normalized spacial score (nSPS) is 37.5. The topological polar surface area (TPSA) is 144 Å². The van der Waals surface area contributed by atoms with Gasteiger partial charge in [-0.05, 0) is 12.2 Å². The third-order valence-electron chi connectivity index (χ3n) is 4.48. The van der Waals surface area contributed by atoms with Crippen LogP contribution in [0.1, 0.15) is 6.42 Å². The average Bonchev–Trinajstić information content (AvgIpc) is 2.81. The van der Waals surface area contributed by atoms with Crippen molar-refractivity contribution < 1.29 is 41.7 Å². The zero-order chi connectivity index (χ0) is 17.4. The smallest absolute Gasteiger partial charge is 0.339 e. The second kappa shape index (κ2) is 6.30. The highest BCUT2D eigenvalue weighted by Gasteiger charge is 2.55. The largest absolute Gasteiger partial charge is 0.701 e. The number of hydrogen-bond donors (Lipinski definition) is 3. The van der Waals surface area contributed by atoms with Gasteiger partial charge in [-0.15, -0.1) is 0 Å². The minimum atomic E-state index is -5.03.